The van der Waals surface area contributed by atoms with Gasteiger partial charge in [0.1, 0.15) is 60.7 Å². The van der Waals surface area contributed by atoms with Gasteiger partial charge >= 0.3 is 43.0 Å². The minimum Gasteiger partial charge on any atom is -0.870 e. The van der Waals surface area contributed by atoms with E-state index in [1.807, 2.05) is 44.2 Å². The van der Waals surface area contributed by atoms with Gasteiger partial charge in [-0.1, -0.05) is 47.5 Å². The Morgan fingerprint density at radius 1 is 0.615 bits per heavy atom. The monoisotopic (exact) mass is 926 g/mol. The fourth-order valence-corrected chi connectivity index (χ4v) is 6.03. The maximum Gasteiger partial charge on any atom is 1.00 e. The first-order chi connectivity index (χ1) is 30.2. The van der Waals surface area contributed by atoms with Crippen molar-refractivity contribution in [2.24, 2.45) is 0 Å². The molecule has 4 aromatic carbocycles. The average molecular weight is 928 g/mol. The number of aromatic nitrogens is 2. The molecule has 0 saturated carbocycles. The fraction of sp³-hybridized carbons (Fsp3) is 0.244. The molecule has 0 aliphatic rings. The van der Waals surface area contributed by atoms with Crippen molar-refractivity contribution in [3.63, 3.8) is 0 Å². The second-order valence-corrected chi connectivity index (χ2v) is 14.4. The number of nitrogens with zero attached hydrogens (tertiary/aromatic N) is 4. The number of carbonyl (C=O) groups is 4. The molecule has 2 N–H and O–H groups in total. The molecule has 0 radical (unpaired) electrons. The molecule has 0 unspecified atom stereocenters. The molecule has 0 fully saturated rings. The van der Waals surface area contributed by atoms with Crippen LogP contribution in [0.25, 0.3) is 22.9 Å². The van der Waals surface area contributed by atoms with Crippen LogP contribution in [-0.4, -0.2) is 88.9 Å². The van der Waals surface area contributed by atoms with E-state index in [9.17, 15) is 19.2 Å². The number of hydrogen-bond donors (Lipinski definition) is 1. The summed E-state index contributed by atoms with van der Waals surface area (Å²) in [5, 5.41) is 10.3. The van der Waals surface area contributed by atoms with Crippen molar-refractivity contribution in [3.8, 4) is 34.4 Å². The van der Waals surface area contributed by atoms with Gasteiger partial charge in [-0.15, -0.1) is 0 Å². The summed E-state index contributed by atoms with van der Waals surface area (Å²) in [6.07, 6.45) is -1.35. The summed E-state index contributed by atoms with van der Waals surface area (Å²) in [5.41, 5.74) is 4.40. The SMILES string of the molecule is COC(=O)CN(Cc1cccc(OCc2nc(-c3ccc(Cl)cc3)oc2C)c1)C(=O)OC.COC(=O)N(CC(=O)O)Cc1cccc(OCc2nc(-c3ccc(Cl)cc3)oc2C)c1.[Li+].[OH-]. The number of carbonyl (C=O) groups excluding carboxylic acids is 3. The van der Waals surface area contributed by atoms with Crippen LogP contribution in [0.5, 0.6) is 11.5 Å². The van der Waals surface area contributed by atoms with Gasteiger partial charge in [0.05, 0.1) is 21.3 Å². The van der Waals surface area contributed by atoms with Gasteiger partial charge in [0, 0.05) is 34.3 Å². The van der Waals surface area contributed by atoms with Crippen molar-refractivity contribution in [3.05, 3.63) is 141 Å². The molecule has 0 spiro atoms. The average Bonchev–Trinajstić information content (AvgIpc) is 3.85. The molecule has 20 heteroatoms. The summed E-state index contributed by atoms with van der Waals surface area (Å²) in [6.45, 7) is 3.55. The molecule has 338 valence electrons. The third-order valence-corrected chi connectivity index (χ3v) is 9.51. The fourth-order valence-electron chi connectivity index (χ4n) is 5.78. The van der Waals surface area contributed by atoms with E-state index in [1.165, 1.54) is 26.2 Å². The van der Waals surface area contributed by atoms with Crippen LogP contribution in [0.2, 0.25) is 10.0 Å². The predicted octanol–water partition coefficient (Wildman–Crippen LogP) is 5.99. The Balaban J connectivity index is 0.000000335. The molecular weight excluding hydrogens is 882 g/mol. The first-order valence-electron chi connectivity index (χ1n) is 19.1. The summed E-state index contributed by atoms with van der Waals surface area (Å²) in [4.78, 5) is 57.7. The zero-order valence-electron chi connectivity index (χ0n) is 36.4. The van der Waals surface area contributed by atoms with Crippen LogP contribution in [0.4, 0.5) is 9.59 Å². The Morgan fingerprint density at radius 3 is 1.38 bits per heavy atom. The van der Waals surface area contributed by atoms with E-state index in [0.29, 0.717) is 61.8 Å². The van der Waals surface area contributed by atoms with E-state index in [2.05, 4.69) is 19.4 Å². The number of oxazole rings is 2. The van der Waals surface area contributed by atoms with Gasteiger partial charge in [-0.3, -0.25) is 19.4 Å². The standard InChI is InChI=1S/C23H23ClN2O6.C22H21ClN2O6.Li.H2O/c1-15-20(25-22(32-15)17-7-9-18(24)10-8-17)14-31-19-6-4-5-16(11-19)12-26(23(28)30-3)13-21(27)29-2;1-14-19(24-21(31-14)16-6-8-17(23)9-7-16)13-30-18-5-3-4-15(10-18)11-25(12-20(26)27)22(28)29-2;;/h4-11H,12-14H2,1-3H3;3-10H,11-13H2,1-2H3,(H,26,27);;1H2/q;;+1;/p-1. The van der Waals surface area contributed by atoms with Crippen molar-refractivity contribution in [2.45, 2.75) is 40.2 Å². The number of ether oxygens (including phenoxy) is 5. The van der Waals surface area contributed by atoms with Gasteiger partial charge in [0.2, 0.25) is 11.8 Å². The van der Waals surface area contributed by atoms with Crippen LogP contribution < -0.4 is 28.3 Å². The summed E-state index contributed by atoms with van der Waals surface area (Å²) >= 11 is 11.9. The Hall–Kier alpha value is -6.48. The Kier molecular flexibility index (Phi) is 20.9. The molecule has 6 aromatic rings. The summed E-state index contributed by atoms with van der Waals surface area (Å²) < 4.78 is 37.2. The van der Waals surface area contributed by atoms with Gasteiger partial charge in [0.25, 0.3) is 0 Å². The van der Waals surface area contributed by atoms with Crippen molar-refractivity contribution in [2.75, 3.05) is 34.4 Å². The number of halogens is 2. The smallest absolute Gasteiger partial charge is 0.870 e. The van der Waals surface area contributed by atoms with Gasteiger partial charge < -0.3 is 43.1 Å². The number of rotatable bonds is 16. The minimum absolute atomic E-state index is 0. The van der Waals surface area contributed by atoms with Gasteiger partial charge in [-0.2, -0.15) is 0 Å². The number of carboxylic acid groups (broad SMARTS) is 1. The van der Waals surface area contributed by atoms with Crippen LogP contribution >= 0.6 is 23.2 Å². The van der Waals surface area contributed by atoms with Crippen LogP contribution in [0, 0.1) is 13.8 Å². The van der Waals surface area contributed by atoms with Crippen molar-refractivity contribution in [1.82, 2.24) is 19.8 Å². The Bertz CT molecular complexity index is 2500. The van der Waals surface area contributed by atoms with Crippen molar-refractivity contribution < 1.29 is 81.1 Å². The second-order valence-electron chi connectivity index (χ2n) is 13.6. The summed E-state index contributed by atoms with van der Waals surface area (Å²) in [6, 6.07) is 28.6. The number of esters is 1. The van der Waals surface area contributed by atoms with E-state index in [1.54, 1.807) is 66.7 Å². The third kappa shape index (κ3) is 15.9. The topological polar surface area (TPSA) is 223 Å². The molecule has 2 heterocycles. The molecule has 2 amide bonds. The minimum atomic E-state index is -1.13. The van der Waals surface area contributed by atoms with Crippen molar-refractivity contribution >= 4 is 47.3 Å². The summed E-state index contributed by atoms with van der Waals surface area (Å²) in [5.74, 6) is 1.72. The number of benzene rings is 4. The molecule has 0 saturated heterocycles. The number of aryl methyl sites for hydroxylation is 2. The molecule has 17 nitrogen and oxygen atoms in total. The zero-order valence-corrected chi connectivity index (χ0v) is 37.9. The summed E-state index contributed by atoms with van der Waals surface area (Å²) in [7, 11) is 3.72. The quantitative estimate of drug-likeness (QED) is 0.0669. The molecule has 0 aliphatic heterocycles. The van der Waals surface area contributed by atoms with Gasteiger partial charge in [-0.25, -0.2) is 19.6 Å². The van der Waals surface area contributed by atoms with E-state index in [0.717, 1.165) is 21.6 Å². The van der Waals surface area contributed by atoms with Gasteiger partial charge in [-0.05, 0) is 97.8 Å². The van der Waals surface area contributed by atoms with Crippen LogP contribution in [0.15, 0.2) is 106 Å². The molecule has 6 rings (SSSR count). The second kappa shape index (κ2) is 25.7. The van der Waals surface area contributed by atoms with E-state index in [4.69, 9.17) is 51.4 Å². The van der Waals surface area contributed by atoms with E-state index < -0.39 is 30.7 Å². The normalized spacial score (nSPS) is 10.2. The maximum atomic E-state index is 12.0. The number of hydrogen-bond acceptors (Lipinski definition) is 14. The van der Waals surface area contributed by atoms with E-state index in [-0.39, 0.29) is 57.2 Å². The van der Waals surface area contributed by atoms with E-state index >= 15 is 0 Å². The van der Waals surface area contributed by atoms with Crippen molar-refractivity contribution in [1.29, 1.82) is 0 Å². The largest absolute Gasteiger partial charge is 1.00 e. The number of amides is 2. The number of methoxy groups -OCH3 is 3. The molecular formula is C45H45Cl2LiN4O13. The number of carboxylic acids is 1. The van der Waals surface area contributed by atoms with Gasteiger partial charge in [0.15, 0.2) is 0 Å². The van der Waals surface area contributed by atoms with Crippen LogP contribution in [-0.2, 0) is 50.1 Å². The molecule has 0 aliphatic carbocycles. The van der Waals surface area contributed by atoms with Crippen LogP contribution in [0.3, 0.4) is 0 Å². The molecule has 65 heavy (non-hydrogen) atoms. The molecule has 0 atom stereocenters. The first kappa shape index (κ1) is 52.9. The molecule has 2 aromatic heterocycles. The zero-order chi connectivity index (χ0) is 45.5. The maximum absolute atomic E-state index is 12.0. The number of aliphatic carboxylic acids is 1. The molecule has 0 bridgehead atoms. The predicted molar refractivity (Wildman–Crippen MR) is 232 cm³/mol. The van der Waals surface area contributed by atoms with Crippen LogP contribution in [0.1, 0.15) is 34.0 Å². The Labute approximate surface area is 396 Å². The first-order valence-corrected chi connectivity index (χ1v) is 19.8. The third-order valence-electron chi connectivity index (χ3n) is 9.00. The Morgan fingerprint density at radius 2 is 1.02 bits per heavy atom.